The van der Waals surface area contributed by atoms with Crippen molar-refractivity contribution in [2.24, 2.45) is 0 Å². The summed E-state index contributed by atoms with van der Waals surface area (Å²) in [5, 5.41) is 29.8. The van der Waals surface area contributed by atoms with Crippen molar-refractivity contribution in [3.05, 3.63) is 6.33 Å². The molecule has 23 heavy (non-hydrogen) atoms. The highest BCUT2D eigenvalue weighted by Crippen LogP contribution is 2.32. The lowest BCUT2D eigenvalue weighted by Gasteiger charge is -2.16. The van der Waals surface area contributed by atoms with Crippen LogP contribution in [0.2, 0.25) is 0 Å². The third kappa shape index (κ3) is 2.88. The first kappa shape index (κ1) is 16.4. The van der Waals surface area contributed by atoms with Crippen LogP contribution in [0.5, 0.6) is 0 Å². The molecule has 0 saturated carbocycles. The molecule has 10 heteroatoms. The fourth-order valence-electron chi connectivity index (χ4n) is 2.47. The van der Waals surface area contributed by atoms with Gasteiger partial charge in [0.1, 0.15) is 23.8 Å². The summed E-state index contributed by atoms with van der Waals surface area (Å²) in [6, 6.07) is 0. The van der Waals surface area contributed by atoms with Gasteiger partial charge in [0.15, 0.2) is 22.8 Å². The molecule has 4 atom stereocenters. The number of ether oxygens (including phenoxy) is 1. The van der Waals surface area contributed by atoms with Gasteiger partial charge >= 0.3 is 0 Å². The Labute approximate surface area is 136 Å². The molecule has 0 aliphatic carbocycles. The zero-order valence-electron chi connectivity index (χ0n) is 12.5. The van der Waals surface area contributed by atoms with Crippen LogP contribution in [0.15, 0.2) is 11.5 Å². The highest BCUT2D eigenvalue weighted by atomic mass is 32.2. The Morgan fingerprint density at radius 3 is 2.78 bits per heavy atom. The van der Waals surface area contributed by atoms with E-state index in [9.17, 15) is 15.3 Å². The Kier molecular flexibility index (Phi) is 4.69. The van der Waals surface area contributed by atoms with E-state index < -0.39 is 31.1 Å². The number of nitrogens with zero attached hydrogens (tertiary/aromatic N) is 4. The van der Waals surface area contributed by atoms with Gasteiger partial charge in [0, 0.05) is 5.75 Å². The Bertz CT molecular complexity index is 696. The second-order valence-electron chi connectivity index (χ2n) is 5.29. The number of imidazole rings is 1. The highest BCUT2D eigenvalue weighted by molar-refractivity contribution is 7.99. The van der Waals surface area contributed by atoms with Crippen molar-refractivity contribution >= 4 is 28.7 Å². The molecule has 1 saturated heterocycles. The maximum atomic E-state index is 10.2. The van der Waals surface area contributed by atoms with Crippen molar-refractivity contribution in [1.82, 2.24) is 19.5 Å². The van der Waals surface area contributed by atoms with E-state index in [2.05, 4.69) is 21.9 Å². The smallest absolute Gasteiger partial charge is 0.191 e. The topological polar surface area (TPSA) is 140 Å². The summed E-state index contributed by atoms with van der Waals surface area (Å²) >= 11 is 1.47. The van der Waals surface area contributed by atoms with E-state index in [0.717, 1.165) is 12.2 Å². The Hall–Kier alpha value is -1.46. The molecular formula is C13H19N5O4S. The van der Waals surface area contributed by atoms with Crippen molar-refractivity contribution in [2.75, 3.05) is 18.1 Å². The molecule has 0 amide bonds. The van der Waals surface area contributed by atoms with Gasteiger partial charge in [0.2, 0.25) is 0 Å². The minimum absolute atomic E-state index is 0.249. The molecule has 1 aliphatic rings. The monoisotopic (exact) mass is 341 g/mol. The van der Waals surface area contributed by atoms with Crippen molar-refractivity contribution in [2.45, 2.75) is 43.0 Å². The predicted molar refractivity (Wildman–Crippen MR) is 83.8 cm³/mol. The lowest BCUT2D eigenvalue weighted by atomic mass is 10.1. The van der Waals surface area contributed by atoms with Crippen molar-refractivity contribution in [1.29, 1.82) is 0 Å². The van der Waals surface area contributed by atoms with Gasteiger partial charge in [-0.05, 0) is 6.42 Å². The van der Waals surface area contributed by atoms with E-state index >= 15 is 0 Å². The Balaban J connectivity index is 1.99. The summed E-state index contributed by atoms with van der Waals surface area (Å²) < 4.78 is 7.02. The summed E-state index contributed by atoms with van der Waals surface area (Å²) in [5.41, 5.74) is 6.75. The summed E-state index contributed by atoms with van der Waals surface area (Å²) in [5.74, 6) is 1.10. The fraction of sp³-hybridized carbons (Fsp3) is 0.615. The van der Waals surface area contributed by atoms with Gasteiger partial charge in [0.25, 0.3) is 0 Å². The maximum Gasteiger partial charge on any atom is 0.191 e. The average molecular weight is 341 g/mol. The van der Waals surface area contributed by atoms with E-state index in [1.54, 1.807) is 0 Å². The number of nitrogens with two attached hydrogens (primary N) is 1. The molecule has 9 nitrogen and oxygen atoms in total. The number of rotatable bonds is 5. The van der Waals surface area contributed by atoms with Crippen LogP contribution in [0.4, 0.5) is 5.82 Å². The molecule has 0 radical (unpaired) electrons. The van der Waals surface area contributed by atoms with Crippen molar-refractivity contribution < 1.29 is 20.1 Å². The number of thioether (sulfide) groups is 1. The third-order valence-electron chi connectivity index (χ3n) is 3.65. The van der Waals surface area contributed by atoms with Gasteiger partial charge < -0.3 is 25.8 Å². The minimum Gasteiger partial charge on any atom is -0.394 e. The number of anilines is 1. The van der Waals surface area contributed by atoms with Gasteiger partial charge in [0.05, 0.1) is 12.9 Å². The standard InChI is InChI=1S/C13H19N5O4S/c1-2-3-23-13-16-10(14)7-11(17-13)18(5-15-7)12-9(21)8(20)6(4-19)22-12/h5-6,8-9,12,19-21H,2-4H2,1H3,(H2,14,16,17). The SMILES string of the molecule is CCCSc1nc(N)c2ncn(C3OC(CO)C(O)C3O)c2n1. The van der Waals surface area contributed by atoms with Crippen LogP contribution in [-0.4, -0.2) is 65.5 Å². The number of nitrogen functional groups attached to an aromatic ring is 1. The third-order valence-corrected chi connectivity index (χ3v) is 4.71. The normalized spacial score (nSPS) is 27.8. The highest BCUT2D eigenvalue weighted by Gasteiger charge is 2.44. The van der Waals surface area contributed by atoms with Crippen LogP contribution in [0.1, 0.15) is 19.6 Å². The lowest BCUT2D eigenvalue weighted by Crippen LogP contribution is -2.33. The van der Waals surface area contributed by atoms with Gasteiger partial charge in [-0.25, -0.2) is 15.0 Å². The average Bonchev–Trinajstić information content (AvgIpc) is 3.08. The van der Waals surface area contributed by atoms with Gasteiger partial charge in [-0.15, -0.1) is 0 Å². The minimum atomic E-state index is -1.20. The number of hydrogen-bond acceptors (Lipinski definition) is 9. The van der Waals surface area contributed by atoms with E-state index in [0.29, 0.717) is 16.3 Å². The molecule has 0 aromatic carbocycles. The molecule has 2 aromatic heterocycles. The van der Waals surface area contributed by atoms with Gasteiger partial charge in [-0.2, -0.15) is 0 Å². The summed E-state index contributed by atoms with van der Waals surface area (Å²) in [4.78, 5) is 12.8. The predicted octanol–water partition coefficient (Wildman–Crippen LogP) is -0.478. The van der Waals surface area contributed by atoms with Gasteiger partial charge in [-0.1, -0.05) is 18.7 Å². The zero-order chi connectivity index (χ0) is 16.6. The molecule has 3 rings (SSSR count). The number of fused-ring (bicyclic) bond motifs is 1. The quantitative estimate of drug-likeness (QED) is 0.419. The molecule has 3 heterocycles. The van der Waals surface area contributed by atoms with Gasteiger partial charge in [-0.3, -0.25) is 4.57 Å². The molecule has 1 aliphatic heterocycles. The second-order valence-corrected chi connectivity index (χ2v) is 6.35. The molecule has 0 bridgehead atoms. The first-order chi connectivity index (χ1) is 11.1. The molecule has 1 fully saturated rings. The van der Waals surface area contributed by atoms with Crippen molar-refractivity contribution in [3.63, 3.8) is 0 Å². The fourth-order valence-corrected chi connectivity index (χ4v) is 3.17. The van der Waals surface area contributed by atoms with E-state index in [4.69, 9.17) is 10.5 Å². The molecule has 4 unspecified atom stereocenters. The van der Waals surface area contributed by atoms with Crippen LogP contribution in [0, 0.1) is 0 Å². The van der Waals surface area contributed by atoms with E-state index in [1.807, 2.05) is 0 Å². The molecule has 2 aromatic rings. The van der Waals surface area contributed by atoms with E-state index in [-0.39, 0.29) is 5.82 Å². The summed E-state index contributed by atoms with van der Waals surface area (Å²) in [7, 11) is 0. The molecule has 5 N–H and O–H groups in total. The van der Waals surface area contributed by atoms with E-state index in [1.165, 1.54) is 22.7 Å². The summed E-state index contributed by atoms with van der Waals surface area (Å²) in [6.07, 6.45) is -1.74. The van der Waals surface area contributed by atoms with Crippen LogP contribution in [0.3, 0.4) is 0 Å². The molecular weight excluding hydrogens is 322 g/mol. The number of aliphatic hydroxyl groups excluding tert-OH is 3. The first-order valence-electron chi connectivity index (χ1n) is 7.32. The Morgan fingerprint density at radius 2 is 2.13 bits per heavy atom. The second kappa shape index (κ2) is 6.57. The number of aromatic nitrogens is 4. The lowest BCUT2D eigenvalue weighted by molar-refractivity contribution is -0.0511. The van der Waals surface area contributed by atoms with Crippen LogP contribution < -0.4 is 5.73 Å². The Morgan fingerprint density at radius 1 is 1.35 bits per heavy atom. The van der Waals surface area contributed by atoms with Crippen LogP contribution in [-0.2, 0) is 4.74 Å². The van der Waals surface area contributed by atoms with Crippen molar-refractivity contribution in [3.8, 4) is 0 Å². The first-order valence-corrected chi connectivity index (χ1v) is 8.30. The molecule has 0 spiro atoms. The maximum absolute atomic E-state index is 10.2. The summed E-state index contributed by atoms with van der Waals surface area (Å²) in [6.45, 7) is 1.66. The largest absolute Gasteiger partial charge is 0.394 e. The zero-order valence-corrected chi connectivity index (χ0v) is 13.3. The number of hydrogen-bond donors (Lipinski definition) is 4. The number of aliphatic hydroxyl groups is 3. The molecule has 126 valence electrons. The van der Waals surface area contributed by atoms with Crippen LogP contribution in [0.25, 0.3) is 11.2 Å². The van der Waals surface area contributed by atoms with Crippen LogP contribution >= 0.6 is 11.8 Å².